The van der Waals surface area contributed by atoms with Crippen LogP contribution in [0.1, 0.15) is 22.8 Å². The van der Waals surface area contributed by atoms with Gasteiger partial charge in [0.05, 0.1) is 6.61 Å². The van der Waals surface area contributed by atoms with Crippen molar-refractivity contribution in [1.29, 1.82) is 0 Å². The molecule has 0 aliphatic carbocycles. The van der Waals surface area contributed by atoms with Gasteiger partial charge in [0.15, 0.2) is 5.82 Å². The van der Waals surface area contributed by atoms with Crippen molar-refractivity contribution in [2.24, 2.45) is 0 Å². The molecule has 0 saturated heterocycles. The van der Waals surface area contributed by atoms with Crippen LogP contribution < -0.4 is 4.74 Å². The van der Waals surface area contributed by atoms with E-state index < -0.39 is 0 Å². The molecule has 1 aromatic heterocycles. The fourth-order valence-electron chi connectivity index (χ4n) is 2.33. The number of carbonyl (C=O) groups is 1. The van der Waals surface area contributed by atoms with Gasteiger partial charge in [-0.1, -0.05) is 60.2 Å². The van der Waals surface area contributed by atoms with Crippen molar-refractivity contribution in [3.63, 3.8) is 0 Å². The highest BCUT2D eigenvalue weighted by atomic mass is 16.5. The van der Waals surface area contributed by atoms with E-state index in [1.165, 1.54) is 10.8 Å². The number of nitrogens with zero attached hydrogens (tertiary/aromatic N) is 3. The van der Waals surface area contributed by atoms with Crippen LogP contribution >= 0.6 is 0 Å². The Morgan fingerprint density at radius 1 is 1.12 bits per heavy atom. The maximum Gasteiger partial charge on any atom is 0.336 e. The van der Waals surface area contributed by atoms with Gasteiger partial charge in [0.1, 0.15) is 0 Å². The molecule has 0 atom stereocenters. The average molecular weight is 333 g/mol. The molecule has 0 aliphatic rings. The Morgan fingerprint density at radius 2 is 1.84 bits per heavy atom. The van der Waals surface area contributed by atoms with Crippen molar-refractivity contribution >= 4 is 12.0 Å². The van der Waals surface area contributed by atoms with Gasteiger partial charge in [-0.3, -0.25) is 4.79 Å². The first-order valence-electron chi connectivity index (χ1n) is 8.11. The molecule has 0 N–H and O–H groups in total. The smallest absolute Gasteiger partial charge is 0.336 e. The van der Waals surface area contributed by atoms with Crippen LogP contribution in [0.15, 0.2) is 60.7 Å². The second-order valence-corrected chi connectivity index (χ2v) is 5.51. The van der Waals surface area contributed by atoms with Crippen LogP contribution in [0.2, 0.25) is 0 Å². The van der Waals surface area contributed by atoms with Crippen LogP contribution in [0.5, 0.6) is 6.01 Å². The third-order valence-electron chi connectivity index (χ3n) is 3.60. The Balaban J connectivity index is 1.94. The van der Waals surface area contributed by atoms with Gasteiger partial charge in [-0.2, -0.15) is 9.67 Å². The molecule has 3 rings (SSSR count). The van der Waals surface area contributed by atoms with E-state index in [9.17, 15) is 4.79 Å². The molecule has 5 nitrogen and oxygen atoms in total. The van der Waals surface area contributed by atoms with E-state index in [0.717, 1.165) is 16.7 Å². The molecule has 0 fully saturated rings. The predicted octanol–water partition coefficient (Wildman–Crippen LogP) is 4.01. The minimum Gasteiger partial charge on any atom is -0.463 e. The summed E-state index contributed by atoms with van der Waals surface area (Å²) in [6.07, 6.45) is 3.24. The Hall–Kier alpha value is -3.21. The van der Waals surface area contributed by atoms with E-state index in [4.69, 9.17) is 4.74 Å². The molecule has 1 heterocycles. The number of ether oxygens (including phenoxy) is 1. The van der Waals surface area contributed by atoms with Crippen LogP contribution in [0.4, 0.5) is 0 Å². The highest BCUT2D eigenvalue weighted by molar-refractivity contribution is 5.95. The molecule has 25 heavy (non-hydrogen) atoms. The van der Waals surface area contributed by atoms with Crippen LogP contribution in [0.25, 0.3) is 17.5 Å². The third kappa shape index (κ3) is 4.01. The number of hydrogen-bond acceptors (Lipinski definition) is 4. The lowest BCUT2D eigenvalue weighted by Crippen LogP contribution is -2.11. The quantitative estimate of drug-likeness (QED) is 0.662. The molecule has 0 aliphatic heterocycles. The van der Waals surface area contributed by atoms with Crippen molar-refractivity contribution in [3.05, 3.63) is 71.8 Å². The van der Waals surface area contributed by atoms with Gasteiger partial charge in [-0.15, -0.1) is 5.10 Å². The monoisotopic (exact) mass is 333 g/mol. The lowest BCUT2D eigenvalue weighted by atomic mass is 10.1. The largest absolute Gasteiger partial charge is 0.463 e. The number of aryl methyl sites for hydroxylation is 1. The maximum atomic E-state index is 12.6. The van der Waals surface area contributed by atoms with Crippen molar-refractivity contribution < 1.29 is 9.53 Å². The summed E-state index contributed by atoms with van der Waals surface area (Å²) in [5.41, 5.74) is 2.89. The van der Waals surface area contributed by atoms with Gasteiger partial charge < -0.3 is 4.74 Å². The zero-order valence-electron chi connectivity index (χ0n) is 14.2. The van der Waals surface area contributed by atoms with Crippen LogP contribution in [-0.4, -0.2) is 27.3 Å². The second-order valence-electron chi connectivity index (χ2n) is 5.51. The molecule has 0 radical (unpaired) electrons. The molecule has 0 amide bonds. The van der Waals surface area contributed by atoms with Crippen molar-refractivity contribution in [2.45, 2.75) is 13.8 Å². The summed E-state index contributed by atoms with van der Waals surface area (Å²) < 4.78 is 6.64. The molecule has 0 unspecified atom stereocenters. The summed E-state index contributed by atoms with van der Waals surface area (Å²) in [4.78, 5) is 17.0. The summed E-state index contributed by atoms with van der Waals surface area (Å²) >= 11 is 0. The van der Waals surface area contributed by atoms with Crippen molar-refractivity contribution in [2.75, 3.05) is 6.61 Å². The van der Waals surface area contributed by atoms with Crippen molar-refractivity contribution in [1.82, 2.24) is 14.8 Å². The van der Waals surface area contributed by atoms with E-state index in [0.29, 0.717) is 12.4 Å². The van der Waals surface area contributed by atoms with Gasteiger partial charge in [0, 0.05) is 11.6 Å². The van der Waals surface area contributed by atoms with Crippen LogP contribution in [-0.2, 0) is 0 Å². The number of aromatic nitrogens is 3. The van der Waals surface area contributed by atoms with Gasteiger partial charge in [0.25, 0.3) is 5.91 Å². The molecular weight excluding hydrogens is 314 g/mol. The molecular formula is C20H19N3O2. The minimum atomic E-state index is -0.280. The van der Waals surface area contributed by atoms with Crippen molar-refractivity contribution in [3.8, 4) is 17.4 Å². The molecule has 0 bridgehead atoms. The first-order valence-corrected chi connectivity index (χ1v) is 8.11. The Kier molecular flexibility index (Phi) is 5.04. The van der Waals surface area contributed by atoms with Crippen LogP contribution in [0.3, 0.4) is 0 Å². The maximum absolute atomic E-state index is 12.6. The topological polar surface area (TPSA) is 57.0 Å². The van der Waals surface area contributed by atoms with Gasteiger partial charge >= 0.3 is 6.01 Å². The molecule has 0 saturated carbocycles. The van der Waals surface area contributed by atoms with E-state index in [2.05, 4.69) is 10.1 Å². The molecule has 0 spiro atoms. The summed E-state index contributed by atoms with van der Waals surface area (Å²) in [5.74, 6) is 0.184. The minimum absolute atomic E-state index is 0.194. The fourth-order valence-corrected chi connectivity index (χ4v) is 2.33. The molecule has 5 heteroatoms. The zero-order chi connectivity index (χ0) is 17.6. The highest BCUT2D eigenvalue weighted by Gasteiger charge is 2.16. The van der Waals surface area contributed by atoms with E-state index in [1.54, 1.807) is 6.08 Å². The Labute approximate surface area is 146 Å². The first kappa shape index (κ1) is 16.6. The third-order valence-corrected chi connectivity index (χ3v) is 3.60. The average Bonchev–Trinajstić information content (AvgIpc) is 3.05. The molecule has 3 aromatic rings. The summed E-state index contributed by atoms with van der Waals surface area (Å²) in [6, 6.07) is 17.6. The summed E-state index contributed by atoms with van der Waals surface area (Å²) in [6.45, 7) is 4.29. The normalized spacial score (nSPS) is 11.0. The second kappa shape index (κ2) is 7.57. The Morgan fingerprint density at radius 3 is 2.52 bits per heavy atom. The number of carbonyl (C=O) groups excluding carboxylic acids is 1. The number of rotatable bonds is 5. The van der Waals surface area contributed by atoms with Gasteiger partial charge in [-0.25, -0.2) is 0 Å². The van der Waals surface area contributed by atoms with E-state index in [-0.39, 0.29) is 11.9 Å². The first-order chi connectivity index (χ1) is 12.2. The van der Waals surface area contributed by atoms with Gasteiger partial charge in [0.2, 0.25) is 0 Å². The standard InChI is InChI=1S/C20H19N3O2/c1-3-25-20-21-19(17-12-9-15(2)10-13-17)23(22-20)18(24)14-11-16-7-5-4-6-8-16/h4-14H,3H2,1-2H3. The predicted molar refractivity (Wildman–Crippen MR) is 97.5 cm³/mol. The highest BCUT2D eigenvalue weighted by Crippen LogP contribution is 2.21. The summed E-state index contributed by atoms with van der Waals surface area (Å²) in [5, 5.41) is 4.19. The zero-order valence-corrected chi connectivity index (χ0v) is 14.2. The SMILES string of the molecule is CCOc1nc(-c2ccc(C)cc2)n(C(=O)C=Cc2ccccc2)n1. The Bertz CT molecular complexity index is 881. The van der Waals surface area contributed by atoms with Crippen LogP contribution in [0, 0.1) is 6.92 Å². The van der Waals surface area contributed by atoms with E-state index in [1.807, 2.05) is 68.4 Å². The molecule has 2 aromatic carbocycles. The number of benzene rings is 2. The molecule has 126 valence electrons. The number of allylic oxidation sites excluding steroid dienone is 1. The lowest BCUT2D eigenvalue weighted by molar-refractivity contribution is 0.0955. The van der Waals surface area contributed by atoms with Gasteiger partial charge in [-0.05, 0) is 25.5 Å². The summed E-state index contributed by atoms with van der Waals surface area (Å²) in [7, 11) is 0. The lowest BCUT2D eigenvalue weighted by Gasteiger charge is -2.02. The fraction of sp³-hybridized carbons (Fsp3) is 0.150. The van der Waals surface area contributed by atoms with E-state index >= 15 is 0 Å². The number of hydrogen-bond donors (Lipinski definition) is 0.